The average molecular weight is 295 g/mol. The Morgan fingerprint density at radius 2 is 1.75 bits per heavy atom. The summed E-state index contributed by atoms with van der Waals surface area (Å²) in [6, 6.07) is 9.45. The van der Waals surface area contributed by atoms with Crippen LogP contribution < -0.4 is 0 Å². The molecule has 0 spiro atoms. The van der Waals surface area contributed by atoms with Gasteiger partial charge in [-0.1, -0.05) is 30.3 Å². The Hall–Kier alpha value is -1.77. The van der Waals surface area contributed by atoms with Gasteiger partial charge in [-0.15, -0.1) is 0 Å². The molecule has 0 saturated carbocycles. The highest BCUT2D eigenvalue weighted by molar-refractivity contribution is 7.86. The Labute approximate surface area is 118 Å². The van der Waals surface area contributed by atoms with Crippen LogP contribution >= 0.6 is 0 Å². The zero-order valence-electron chi connectivity index (χ0n) is 11.4. The van der Waals surface area contributed by atoms with Crippen molar-refractivity contribution in [2.45, 2.75) is 13.1 Å². The molecule has 0 unspecified atom stereocenters. The van der Waals surface area contributed by atoms with Crippen molar-refractivity contribution in [2.75, 3.05) is 14.1 Å². The number of rotatable bonds is 6. The van der Waals surface area contributed by atoms with Crippen LogP contribution in [-0.2, 0) is 23.3 Å². The van der Waals surface area contributed by atoms with Crippen LogP contribution in [0.3, 0.4) is 0 Å². The van der Waals surface area contributed by atoms with Crippen LogP contribution in [0.5, 0.6) is 0 Å². The SMILES string of the molecule is CN(Cc1ccccc1)S(=O)(=O)N(C)Cc1ncn[nH]1. The van der Waals surface area contributed by atoms with Crippen molar-refractivity contribution in [3.63, 3.8) is 0 Å². The lowest BCUT2D eigenvalue weighted by Crippen LogP contribution is -2.39. The van der Waals surface area contributed by atoms with Gasteiger partial charge in [-0.25, -0.2) is 4.98 Å². The number of aromatic amines is 1. The van der Waals surface area contributed by atoms with Gasteiger partial charge in [0.25, 0.3) is 10.2 Å². The summed E-state index contributed by atoms with van der Waals surface area (Å²) >= 11 is 0. The maximum Gasteiger partial charge on any atom is 0.282 e. The van der Waals surface area contributed by atoms with E-state index in [-0.39, 0.29) is 6.54 Å². The van der Waals surface area contributed by atoms with E-state index in [1.54, 1.807) is 7.05 Å². The van der Waals surface area contributed by atoms with Crippen molar-refractivity contribution >= 4 is 10.2 Å². The van der Waals surface area contributed by atoms with E-state index < -0.39 is 10.2 Å². The summed E-state index contributed by atoms with van der Waals surface area (Å²) in [6.45, 7) is 0.478. The van der Waals surface area contributed by atoms with Gasteiger partial charge in [0.05, 0.1) is 6.54 Å². The first-order chi connectivity index (χ1) is 9.50. The van der Waals surface area contributed by atoms with Crippen molar-refractivity contribution in [1.29, 1.82) is 0 Å². The molecule has 2 rings (SSSR count). The van der Waals surface area contributed by atoms with Gasteiger partial charge in [-0.3, -0.25) is 5.10 Å². The quantitative estimate of drug-likeness (QED) is 0.846. The molecule has 2 aromatic rings. The lowest BCUT2D eigenvalue weighted by molar-refractivity contribution is 0.382. The molecule has 1 aromatic heterocycles. The zero-order valence-corrected chi connectivity index (χ0v) is 12.2. The molecule has 0 bridgehead atoms. The summed E-state index contributed by atoms with van der Waals surface area (Å²) in [5, 5.41) is 6.34. The van der Waals surface area contributed by atoms with E-state index >= 15 is 0 Å². The zero-order chi connectivity index (χ0) is 14.6. The van der Waals surface area contributed by atoms with Gasteiger partial charge in [-0.05, 0) is 5.56 Å². The summed E-state index contributed by atoms with van der Waals surface area (Å²) in [5.41, 5.74) is 0.937. The van der Waals surface area contributed by atoms with Crippen molar-refractivity contribution in [3.05, 3.63) is 48.0 Å². The molecular weight excluding hydrogens is 278 g/mol. The summed E-state index contributed by atoms with van der Waals surface area (Å²) < 4.78 is 27.2. The van der Waals surface area contributed by atoms with E-state index in [1.165, 1.54) is 22.0 Å². The first-order valence-electron chi connectivity index (χ1n) is 6.06. The minimum Gasteiger partial charge on any atom is -0.262 e. The Kier molecular flexibility index (Phi) is 4.48. The van der Waals surface area contributed by atoms with Gasteiger partial charge in [0.15, 0.2) is 0 Å². The van der Waals surface area contributed by atoms with Gasteiger partial charge in [0.1, 0.15) is 12.2 Å². The minimum atomic E-state index is -3.53. The molecule has 0 fully saturated rings. The number of H-pyrrole nitrogens is 1. The van der Waals surface area contributed by atoms with Crippen molar-refractivity contribution in [2.24, 2.45) is 0 Å². The van der Waals surface area contributed by atoms with Gasteiger partial charge in [0, 0.05) is 20.6 Å². The van der Waals surface area contributed by atoms with Crippen LogP contribution in [0.2, 0.25) is 0 Å². The normalized spacial score (nSPS) is 12.2. The first-order valence-corrected chi connectivity index (χ1v) is 7.45. The molecule has 1 aromatic carbocycles. The maximum atomic E-state index is 12.4. The molecule has 0 atom stereocenters. The summed E-state index contributed by atoms with van der Waals surface area (Å²) in [4.78, 5) is 3.92. The van der Waals surface area contributed by atoms with Crippen LogP contribution in [-0.4, -0.2) is 46.3 Å². The van der Waals surface area contributed by atoms with Crippen LogP contribution in [0.4, 0.5) is 0 Å². The second-order valence-corrected chi connectivity index (χ2v) is 6.58. The highest BCUT2D eigenvalue weighted by Crippen LogP contribution is 2.11. The monoisotopic (exact) mass is 295 g/mol. The van der Waals surface area contributed by atoms with Gasteiger partial charge < -0.3 is 0 Å². The molecule has 7 nitrogen and oxygen atoms in total. The molecule has 20 heavy (non-hydrogen) atoms. The Morgan fingerprint density at radius 3 is 2.35 bits per heavy atom. The van der Waals surface area contributed by atoms with E-state index in [0.717, 1.165) is 5.56 Å². The topological polar surface area (TPSA) is 82.2 Å². The molecule has 1 heterocycles. The van der Waals surface area contributed by atoms with Gasteiger partial charge in [0.2, 0.25) is 0 Å². The number of hydrogen-bond donors (Lipinski definition) is 1. The number of nitrogens with zero attached hydrogens (tertiary/aromatic N) is 4. The Morgan fingerprint density at radius 1 is 1.10 bits per heavy atom. The first kappa shape index (κ1) is 14.6. The lowest BCUT2D eigenvalue weighted by Gasteiger charge is -2.23. The fourth-order valence-corrected chi connectivity index (χ4v) is 2.83. The van der Waals surface area contributed by atoms with Crippen LogP contribution in [0, 0.1) is 0 Å². The maximum absolute atomic E-state index is 12.4. The third-order valence-electron chi connectivity index (χ3n) is 2.87. The second-order valence-electron chi connectivity index (χ2n) is 4.44. The standard InChI is InChI=1S/C12H17N5O2S/c1-16(8-11-6-4-3-5-7-11)20(18,19)17(2)9-12-13-10-14-15-12/h3-7,10H,8-9H2,1-2H3,(H,13,14,15). The smallest absolute Gasteiger partial charge is 0.262 e. The summed E-state index contributed by atoms with van der Waals surface area (Å²) in [6.07, 6.45) is 1.35. The van der Waals surface area contributed by atoms with Gasteiger partial charge >= 0.3 is 0 Å². The van der Waals surface area contributed by atoms with Gasteiger partial charge in [-0.2, -0.15) is 22.1 Å². The Balaban J connectivity index is 2.05. The van der Waals surface area contributed by atoms with E-state index in [9.17, 15) is 8.42 Å². The molecule has 0 amide bonds. The molecule has 0 radical (unpaired) electrons. The van der Waals surface area contributed by atoms with Crippen LogP contribution in [0.25, 0.3) is 0 Å². The molecular formula is C12H17N5O2S. The van der Waals surface area contributed by atoms with Crippen molar-refractivity contribution in [3.8, 4) is 0 Å². The summed E-state index contributed by atoms with van der Waals surface area (Å²) in [5.74, 6) is 0.504. The van der Waals surface area contributed by atoms with E-state index in [0.29, 0.717) is 12.4 Å². The summed E-state index contributed by atoms with van der Waals surface area (Å²) in [7, 11) is -0.466. The van der Waals surface area contributed by atoms with Crippen molar-refractivity contribution < 1.29 is 8.42 Å². The minimum absolute atomic E-state index is 0.154. The lowest BCUT2D eigenvalue weighted by atomic mass is 10.2. The largest absolute Gasteiger partial charge is 0.282 e. The predicted molar refractivity (Wildman–Crippen MR) is 74.7 cm³/mol. The molecule has 108 valence electrons. The average Bonchev–Trinajstić information content (AvgIpc) is 2.92. The number of hydrogen-bond acceptors (Lipinski definition) is 4. The van der Waals surface area contributed by atoms with Crippen molar-refractivity contribution in [1.82, 2.24) is 23.8 Å². The Bertz CT molecular complexity index is 627. The number of nitrogens with one attached hydrogen (secondary N) is 1. The number of aromatic nitrogens is 3. The second kappa shape index (κ2) is 6.12. The third-order valence-corrected chi connectivity index (χ3v) is 4.71. The highest BCUT2D eigenvalue weighted by atomic mass is 32.2. The van der Waals surface area contributed by atoms with Crippen LogP contribution in [0.15, 0.2) is 36.7 Å². The molecule has 0 aliphatic heterocycles. The number of benzene rings is 1. The van der Waals surface area contributed by atoms with Crippen LogP contribution in [0.1, 0.15) is 11.4 Å². The highest BCUT2D eigenvalue weighted by Gasteiger charge is 2.24. The molecule has 8 heteroatoms. The van der Waals surface area contributed by atoms with E-state index in [4.69, 9.17) is 0 Å². The molecule has 0 aliphatic carbocycles. The molecule has 1 N–H and O–H groups in total. The fraction of sp³-hybridized carbons (Fsp3) is 0.333. The third kappa shape index (κ3) is 3.41. The van der Waals surface area contributed by atoms with E-state index in [1.807, 2.05) is 30.3 Å². The fourth-order valence-electron chi connectivity index (χ4n) is 1.76. The predicted octanol–water partition coefficient (Wildman–Crippen LogP) is 0.613. The van der Waals surface area contributed by atoms with E-state index in [2.05, 4.69) is 15.2 Å². The molecule has 0 aliphatic rings. The molecule has 0 saturated heterocycles.